The zero-order valence-corrected chi connectivity index (χ0v) is 16.9. The van der Waals surface area contributed by atoms with Gasteiger partial charge in [-0.2, -0.15) is 0 Å². The van der Waals surface area contributed by atoms with Gasteiger partial charge in [-0.1, -0.05) is 36.4 Å². The summed E-state index contributed by atoms with van der Waals surface area (Å²) in [4.78, 5) is 17.2. The highest BCUT2D eigenvalue weighted by molar-refractivity contribution is 8.00. The van der Waals surface area contributed by atoms with Gasteiger partial charge in [0, 0.05) is 5.39 Å². The van der Waals surface area contributed by atoms with Crippen LogP contribution in [0.4, 0.5) is 5.69 Å². The Hall–Kier alpha value is -2.53. The minimum absolute atomic E-state index is 0.0724. The summed E-state index contributed by atoms with van der Waals surface area (Å²) in [7, 11) is 1.60. The van der Waals surface area contributed by atoms with Crippen LogP contribution in [0, 0.1) is 13.8 Å². The third-order valence-electron chi connectivity index (χ3n) is 4.36. The molecule has 0 fully saturated rings. The molecule has 4 nitrogen and oxygen atoms in total. The fraction of sp³-hybridized carbons (Fsp3) is 0.273. The average molecular weight is 381 g/mol. The Bertz CT molecular complexity index is 985. The van der Waals surface area contributed by atoms with Crippen LogP contribution in [-0.4, -0.2) is 23.8 Å². The molecular weight excluding hydrogens is 356 g/mol. The van der Waals surface area contributed by atoms with Crippen LogP contribution in [0.5, 0.6) is 5.75 Å². The first-order valence-corrected chi connectivity index (χ1v) is 9.96. The van der Waals surface area contributed by atoms with Crippen LogP contribution < -0.4 is 10.1 Å². The number of anilines is 1. The lowest BCUT2D eigenvalue weighted by Crippen LogP contribution is -2.15. The fourth-order valence-corrected chi connectivity index (χ4v) is 3.83. The molecule has 2 aromatic carbocycles. The summed E-state index contributed by atoms with van der Waals surface area (Å²) in [6, 6.07) is 14.1. The summed E-state index contributed by atoms with van der Waals surface area (Å²) in [5.74, 6) is 0.887. The molecule has 0 aliphatic heterocycles. The quantitative estimate of drug-likeness (QED) is 0.601. The molecule has 1 amide bonds. The molecular formula is C22H24N2O2S. The molecule has 0 saturated heterocycles. The molecule has 27 heavy (non-hydrogen) atoms. The summed E-state index contributed by atoms with van der Waals surface area (Å²) >= 11 is 1.47. The van der Waals surface area contributed by atoms with E-state index >= 15 is 0 Å². The van der Waals surface area contributed by atoms with E-state index in [0.29, 0.717) is 17.2 Å². The zero-order chi connectivity index (χ0) is 19.4. The molecule has 1 heterocycles. The van der Waals surface area contributed by atoms with E-state index in [0.717, 1.165) is 27.9 Å². The van der Waals surface area contributed by atoms with E-state index < -0.39 is 0 Å². The van der Waals surface area contributed by atoms with Gasteiger partial charge in [-0.25, -0.2) is 4.98 Å². The number of methoxy groups -OCH3 is 1. The van der Waals surface area contributed by atoms with Crippen molar-refractivity contribution < 1.29 is 9.53 Å². The largest absolute Gasteiger partial charge is 0.495 e. The fourth-order valence-electron chi connectivity index (χ4n) is 2.94. The third-order valence-corrected chi connectivity index (χ3v) is 5.39. The van der Waals surface area contributed by atoms with Gasteiger partial charge in [0.05, 0.1) is 24.1 Å². The Kier molecular flexibility index (Phi) is 6.01. The number of hydrogen-bond donors (Lipinski definition) is 1. The topological polar surface area (TPSA) is 51.2 Å². The lowest BCUT2D eigenvalue weighted by Gasteiger charge is -2.12. The lowest BCUT2D eigenvalue weighted by atomic mass is 10.1. The van der Waals surface area contributed by atoms with Gasteiger partial charge in [-0.3, -0.25) is 4.79 Å². The highest BCUT2D eigenvalue weighted by Crippen LogP contribution is 2.28. The molecule has 0 aliphatic rings. The molecule has 5 heteroatoms. The van der Waals surface area contributed by atoms with E-state index in [2.05, 4.69) is 37.4 Å². The molecule has 0 bridgehead atoms. The molecule has 0 atom stereocenters. The van der Waals surface area contributed by atoms with Gasteiger partial charge in [0.25, 0.3) is 0 Å². The van der Waals surface area contributed by atoms with Crippen LogP contribution in [0.1, 0.15) is 23.6 Å². The number of fused-ring (bicyclic) bond motifs is 1. The number of carbonyl (C=O) groups excluding carboxylic acids is 1. The molecule has 1 aromatic heterocycles. The number of hydrogen-bond acceptors (Lipinski definition) is 4. The number of carbonyl (C=O) groups is 1. The van der Waals surface area contributed by atoms with Crippen LogP contribution >= 0.6 is 11.8 Å². The minimum Gasteiger partial charge on any atom is -0.495 e. The monoisotopic (exact) mass is 380 g/mol. The Morgan fingerprint density at radius 1 is 1.11 bits per heavy atom. The van der Waals surface area contributed by atoms with E-state index in [1.54, 1.807) is 7.11 Å². The van der Waals surface area contributed by atoms with E-state index in [1.807, 2.05) is 31.2 Å². The molecule has 0 saturated carbocycles. The zero-order valence-electron chi connectivity index (χ0n) is 16.1. The Labute approximate surface area is 164 Å². The van der Waals surface area contributed by atoms with Crippen molar-refractivity contribution in [1.29, 1.82) is 0 Å². The number of benzene rings is 2. The summed E-state index contributed by atoms with van der Waals surface area (Å²) in [5.41, 5.74) is 5.11. The number of nitrogens with zero attached hydrogens (tertiary/aromatic N) is 1. The van der Waals surface area contributed by atoms with Crippen molar-refractivity contribution in [2.45, 2.75) is 32.2 Å². The van der Waals surface area contributed by atoms with Crippen molar-refractivity contribution in [1.82, 2.24) is 4.98 Å². The number of nitrogens with one attached hydrogen (secondary N) is 1. The molecule has 0 spiro atoms. The second-order valence-corrected chi connectivity index (χ2v) is 7.51. The molecule has 3 rings (SSSR count). The number of aromatic nitrogens is 1. The van der Waals surface area contributed by atoms with Gasteiger partial charge >= 0.3 is 0 Å². The number of pyridine rings is 1. The first-order chi connectivity index (χ1) is 13.0. The highest BCUT2D eigenvalue weighted by Gasteiger charge is 2.12. The highest BCUT2D eigenvalue weighted by atomic mass is 32.2. The van der Waals surface area contributed by atoms with Crippen molar-refractivity contribution in [3.8, 4) is 5.75 Å². The van der Waals surface area contributed by atoms with Crippen molar-refractivity contribution in [3.05, 3.63) is 59.2 Å². The maximum absolute atomic E-state index is 12.5. The normalized spacial score (nSPS) is 10.8. The second kappa shape index (κ2) is 8.44. The number of ether oxygens (including phenoxy) is 1. The van der Waals surface area contributed by atoms with Gasteiger partial charge in [0.15, 0.2) is 0 Å². The summed E-state index contributed by atoms with van der Waals surface area (Å²) in [6.45, 7) is 6.18. The molecule has 0 aliphatic carbocycles. The molecule has 140 valence electrons. The predicted molar refractivity (Wildman–Crippen MR) is 113 cm³/mol. The predicted octanol–water partition coefficient (Wildman–Crippen LogP) is 5.15. The van der Waals surface area contributed by atoms with E-state index in [1.165, 1.54) is 22.9 Å². The molecule has 1 N–H and O–H groups in total. The number of aryl methyl sites for hydroxylation is 3. The Morgan fingerprint density at radius 3 is 2.59 bits per heavy atom. The van der Waals surface area contributed by atoms with Gasteiger partial charge < -0.3 is 10.1 Å². The number of amides is 1. The minimum atomic E-state index is -0.0724. The summed E-state index contributed by atoms with van der Waals surface area (Å²) in [5, 5.41) is 5.00. The second-order valence-electron chi connectivity index (χ2n) is 6.54. The van der Waals surface area contributed by atoms with Crippen LogP contribution in [0.15, 0.2) is 47.5 Å². The van der Waals surface area contributed by atoms with Gasteiger partial charge in [0.2, 0.25) is 5.91 Å². The maximum Gasteiger partial charge on any atom is 0.234 e. The third kappa shape index (κ3) is 4.61. The molecule has 3 aromatic rings. The first kappa shape index (κ1) is 19.2. The SMILES string of the molecule is CCc1cc2cc(C)ccc2nc1SCC(=O)Nc1cc(C)ccc1OC. The van der Waals surface area contributed by atoms with E-state index in [9.17, 15) is 4.79 Å². The molecule has 0 unspecified atom stereocenters. The number of thioether (sulfide) groups is 1. The Morgan fingerprint density at radius 2 is 1.85 bits per heavy atom. The van der Waals surface area contributed by atoms with Crippen LogP contribution in [-0.2, 0) is 11.2 Å². The standard InChI is InChI=1S/C22H24N2O2S/c1-5-16-12-17-10-14(2)6-8-18(17)24-22(16)27-13-21(25)23-19-11-15(3)7-9-20(19)26-4/h6-12H,5,13H2,1-4H3,(H,23,25). The number of rotatable bonds is 6. The van der Waals surface area contributed by atoms with Gasteiger partial charge in [-0.05, 0) is 61.7 Å². The van der Waals surface area contributed by atoms with Gasteiger partial charge in [0.1, 0.15) is 10.8 Å². The van der Waals surface area contributed by atoms with Crippen LogP contribution in [0.2, 0.25) is 0 Å². The van der Waals surface area contributed by atoms with Crippen molar-refractivity contribution in [2.24, 2.45) is 0 Å². The Balaban J connectivity index is 1.75. The van der Waals surface area contributed by atoms with Crippen LogP contribution in [0.3, 0.4) is 0 Å². The summed E-state index contributed by atoms with van der Waals surface area (Å²) < 4.78 is 5.32. The molecule has 0 radical (unpaired) electrons. The van der Waals surface area contributed by atoms with Gasteiger partial charge in [-0.15, -0.1) is 0 Å². The smallest absolute Gasteiger partial charge is 0.234 e. The van der Waals surface area contributed by atoms with Crippen molar-refractivity contribution >= 4 is 34.3 Å². The maximum atomic E-state index is 12.5. The van der Waals surface area contributed by atoms with Crippen LogP contribution in [0.25, 0.3) is 10.9 Å². The van der Waals surface area contributed by atoms with Crippen molar-refractivity contribution in [2.75, 3.05) is 18.2 Å². The lowest BCUT2D eigenvalue weighted by molar-refractivity contribution is -0.113. The van der Waals surface area contributed by atoms with E-state index in [4.69, 9.17) is 9.72 Å². The van der Waals surface area contributed by atoms with E-state index in [-0.39, 0.29) is 5.91 Å². The average Bonchev–Trinajstić information content (AvgIpc) is 2.65. The summed E-state index contributed by atoms with van der Waals surface area (Å²) in [6.07, 6.45) is 0.881. The first-order valence-electron chi connectivity index (χ1n) is 8.97. The van der Waals surface area contributed by atoms with Crippen molar-refractivity contribution in [3.63, 3.8) is 0 Å².